The number of aromatic nitrogens is 4. The van der Waals surface area contributed by atoms with Gasteiger partial charge in [0.25, 0.3) is 0 Å². The highest BCUT2D eigenvalue weighted by atomic mass is 16.3. The fourth-order valence-electron chi connectivity index (χ4n) is 2.45. The van der Waals surface area contributed by atoms with E-state index in [1.807, 2.05) is 4.57 Å². The van der Waals surface area contributed by atoms with Crippen molar-refractivity contribution in [3.05, 3.63) is 6.33 Å². The molecule has 1 aliphatic carbocycles. The Morgan fingerprint density at radius 1 is 1.50 bits per heavy atom. The molecule has 0 amide bonds. The summed E-state index contributed by atoms with van der Waals surface area (Å²) in [5.74, 6) is 1.29. The minimum Gasteiger partial charge on any atom is -0.396 e. The fourth-order valence-corrected chi connectivity index (χ4v) is 2.45. The molecule has 1 saturated carbocycles. The first kappa shape index (κ1) is 11.2. The van der Waals surface area contributed by atoms with Gasteiger partial charge in [0.2, 0.25) is 5.95 Å². The van der Waals surface area contributed by atoms with E-state index < -0.39 is 0 Å². The highest BCUT2D eigenvalue weighted by molar-refractivity contribution is 5.84. The van der Waals surface area contributed by atoms with Crippen molar-refractivity contribution in [3.8, 4) is 0 Å². The molecule has 0 unspecified atom stereocenters. The Hall–Kier alpha value is -1.89. The van der Waals surface area contributed by atoms with Gasteiger partial charge < -0.3 is 20.7 Å². The number of aliphatic hydroxyl groups is 1. The normalized spacial score (nSPS) is 23.0. The van der Waals surface area contributed by atoms with E-state index in [0.717, 1.165) is 24.0 Å². The molecule has 1 aliphatic rings. The molecule has 0 radical (unpaired) electrons. The average Bonchev–Trinajstić information content (AvgIpc) is 2.71. The molecule has 1 fully saturated rings. The van der Waals surface area contributed by atoms with Crippen molar-refractivity contribution in [2.75, 3.05) is 24.7 Å². The topological polar surface area (TPSA) is 102 Å². The first-order valence-electron chi connectivity index (χ1n) is 6.01. The summed E-state index contributed by atoms with van der Waals surface area (Å²) in [6.45, 7) is 0.252. The molecule has 7 heteroatoms. The molecule has 0 aromatic carbocycles. The van der Waals surface area contributed by atoms with Crippen LogP contribution in [0.15, 0.2) is 6.33 Å². The lowest BCUT2D eigenvalue weighted by molar-refractivity contribution is 0.114. The van der Waals surface area contributed by atoms with Gasteiger partial charge in [0.05, 0.1) is 6.33 Å². The van der Waals surface area contributed by atoms with Crippen LogP contribution >= 0.6 is 0 Å². The van der Waals surface area contributed by atoms with E-state index in [4.69, 9.17) is 10.8 Å². The molecule has 96 valence electrons. The molecule has 4 N–H and O–H groups in total. The lowest BCUT2D eigenvalue weighted by atomic mass is 9.81. The molecule has 0 aliphatic heterocycles. The Bertz CT molecular complexity index is 574. The summed E-state index contributed by atoms with van der Waals surface area (Å²) in [5, 5.41) is 12.0. The van der Waals surface area contributed by atoms with Gasteiger partial charge in [0, 0.05) is 19.7 Å². The molecular formula is C11H16N6O. The second kappa shape index (κ2) is 4.09. The van der Waals surface area contributed by atoms with E-state index in [2.05, 4.69) is 20.3 Å². The number of nitrogens with one attached hydrogen (secondary N) is 1. The first-order valence-corrected chi connectivity index (χ1v) is 6.01. The van der Waals surface area contributed by atoms with Crippen LogP contribution in [0.1, 0.15) is 18.9 Å². The number of anilines is 2. The first-order chi connectivity index (χ1) is 8.72. The molecule has 2 aromatic heterocycles. The zero-order valence-corrected chi connectivity index (χ0v) is 10.2. The summed E-state index contributed by atoms with van der Waals surface area (Å²) >= 11 is 0. The van der Waals surface area contributed by atoms with Crippen LogP contribution in [0.25, 0.3) is 11.2 Å². The number of aliphatic hydroxyl groups excluding tert-OH is 1. The van der Waals surface area contributed by atoms with E-state index in [9.17, 15) is 0 Å². The van der Waals surface area contributed by atoms with Gasteiger partial charge in [-0.05, 0) is 18.8 Å². The number of rotatable bonds is 3. The van der Waals surface area contributed by atoms with Crippen molar-refractivity contribution in [1.82, 2.24) is 19.5 Å². The van der Waals surface area contributed by atoms with Gasteiger partial charge in [0.1, 0.15) is 0 Å². The number of nitrogens with zero attached hydrogens (tertiary/aromatic N) is 4. The Morgan fingerprint density at radius 2 is 2.28 bits per heavy atom. The molecule has 0 bridgehead atoms. The number of fused-ring (bicyclic) bond motifs is 1. The van der Waals surface area contributed by atoms with E-state index >= 15 is 0 Å². The highest BCUT2D eigenvalue weighted by Gasteiger charge is 2.31. The van der Waals surface area contributed by atoms with Crippen LogP contribution in [-0.2, 0) is 0 Å². The van der Waals surface area contributed by atoms with Crippen LogP contribution in [0.5, 0.6) is 0 Å². The van der Waals surface area contributed by atoms with Gasteiger partial charge in [0.15, 0.2) is 17.0 Å². The maximum atomic E-state index is 9.06. The van der Waals surface area contributed by atoms with Crippen molar-refractivity contribution < 1.29 is 5.11 Å². The van der Waals surface area contributed by atoms with Crippen LogP contribution in [0.3, 0.4) is 0 Å². The van der Waals surface area contributed by atoms with Crippen LogP contribution in [0, 0.1) is 5.92 Å². The van der Waals surface area contributed by atoms with Crippen molar-refractivity contribution in [2.45, 2.75) is 18.9 Å². The van der Waals surface area contributed by atoms with Gasteiger partial charge in [-0.3, -0.25) is 0 Å². The maximum absolute atomic E-state index is 9.06. The third kappa shape index (κ3) is 1.59. The molecule has 3 rings (SSSR count). The lowest BCUT2D eigenvalue weighted by Gasteiger charge is -2.34. The maximum Gasteiger partial charge on any atom is 0.224 e. The van der Waals surface area contributed by atoms with Crippen LogP contribution < -0.4 is 11.1 Å². The zero-order chi connectivity index (χ0) is 12.7. The Balaban J connectivity index is 2.01. The quantitative estimate of drug-likeness (QED) is 0.726. The Kier molecular flexibility index (Phi) is 2.55. The number of hydrogen-bond acceptors (Lipinski definition) is 6. The van der Waals surface area contributed by atoms with Gasteiger partial charge in [-0.1, -0.05) is 0 Å². The summed E-state index contributed by atoms with van der Waals surface area (Å²) in [4.78, 5) is 12.7. The van der Waals surface area contributed by atoms with Gasteiger partial charge >= 0.3 is 0 Å². The molecule has 7 nitrogen and oxygen atoms in total. The Morgan fingerprint density at radius 3 is 2.94 bits per heavy atom. The second-order valence-corrected chi connectivity index (χ2v) is 4.68. The van der Waals surface area contributed by atoms with Crippen LogP contribution in [0.4, 0.5) is 11.8 Å². The average molecular weight is 248 g/mol. The number of hydrogen-bond donors (Lipinski definition) is 3. The monoisotopic (exact) mass is 248 g/mol. The van der Waals surface area contributed by atoms with E-state index in [1.54, 1.807) is 13.4 Å². The number of nitrogens with two attached hydrogens (primary N) is 1. The molecular weight excluding hydrogens is 232 g/mol. The lowest BCUT2D eigenvalue weighted by Crippen LogP contribution is -2.28. The van der Waals surface area contributed by atoms with Crippen molar-refractivity contribution >= 4 is 22.9 Å². The van der Waals surface area contributed by atoms with Gasteiger partial charge in [-0.15, -0.1) is 0 Å². The van der Waals surface area contributed by atoms with Gasteiger partial charge in [-0.25, -0.2) is 4.98 Å². The smallest absolute Gasteiger partial charge is 0.224 e. The van der Waals surface area contributed by atoms with Crippen molar-refractivity contribution in [1.29, 1.82) is 0 Å². The zero-order valence-electron chi connectivity index (χ0n) is 10.2. The van der Waals surface area contributed by atoms with E-state index in [0.29, 0.717) is 17.8 Å². The SMILES string of the molecule is CNc1nc(N)nc2c1ncn2[C@H]1C[C@@H](CO)C1. The summed E-state index contributed by atoms with van der Waals surface area (Å²) < 4.78 is 2.03. The van der Waals surface area contributed by atoms with Crippen molar-refractivity contribution in [2.24, 2.45) is 5.92 Å². The molecule has 2 aromatic rings. The molecule has 2 heterocycles. The third-order valence-corrected chi connectivity index (χ3v) is 3.54. The predicted octanol–water partition coefficient (Wildman–Crippen LogP) is 0.394. The summed E-state index contributed by atoms with van der Waals surface area (Å²) in [6.07, 6.45) is 3.69. The van der Waals surface area contributed by atoms with Crippen LogP contribution in [-0.4, -0.2) is 38.3 Å². The minimum atomic E-state index is 0.242. The van der Waals surface area contributed by atoms with Crippen LogP contribution in [0.2, 0.25) is 0 Å². The van der Waals surface area contributed by atoms with E-state index in [1.165, 1.54) is 0 Å². The summed E-state index contributed by atoms with van der Waals surface area (Å²) in [5.41, 5.74) is 7.19. The van der Waals surface area contributed by atoms with E-state index in [-0.39, 0.29) is 12.6 Å². The number of nitrogen functional groups attached to an aromatic ring is 1. The van der Waals surface area contributed by atoms with Crippen molar-refractivity contribution in [3.63, 3.8) is 0 Å². The van der Waals surface area contributed by atoms with Gasteiger partial charge in [-0.2, -0.15) is 9.97 Å². The molecule has 0 atom stereocenters. The second-order valence-electron chi connectivity index (χ2n) is 4.68. The highest BCUT2D eigenvalue weighted by Crippen LogP contribution is 2.39. The standard InChI is InChI=1S/C11H16N6O/c1-13-9-8-10(16-11(12)15-9)17(5-14-8)7-2-6(3-7)4-18/h5-7,18H,2-4H2,1H3,(H3,12,13,15,16)/t6-,7+. The third-order valence-electron chi connectivity index (χ3n) is 3.54. The molecule has 0 saturated heterocycles. The largest absolute Gasteiger partial charge is 0.396 e. The predicted molar refractivity (Wildman–Crippen MR) is 68.1 cm³/mol. The Labute approximate surface area is 104 Å². The number of imidazole rings is 1. The molecule has 18 heavy (non-hydrogen) atoms. The summed E-state index contributed by atoms with van der Waals surface area (Å²) in [7, 11) is 1.78. The summed E-state index contributed by atoms with van der Waals surface area (Å²) in [6, 6.07) is 0.353. The minimum absolute atomic E-state index is 0.242. The fraction of sp³-hybridized carbons (Fsp3) is 0.545. The molecule has 0 spiro atoms.